The average Bonchev–Trinajstić information content (AvgIpc) is 2.38. The van der Waals surface area contributed by atoms with Crippen molar-refractivity contribution >= 4 is 11.6 Å². The van der Waals surface area contributed by atoms with Crippen LogP contribution in [-0.2, 0) is 6.54 Å². The van der Waals surface area contributed by atoms with Gasteiger partial charge in [-0.3, -0.25) is 4.79 Å². The molecule has 1 amide bonds. The SMILES string of the molecule is NC(=O)c1ccc(CNc2ccc(F)cc2F)c(F)c1. The summed E-state index contributed by atoms with van der Waals surface area (Å²) >= 11 is 0. The van der Waals surface area contributed by atoms with E-state index in [1.54, 1.807) is 0 Å². The van der Waals surface area contributed by atoms with Gasteiger partial charge >= 0.3 is 0 Å². The Morgan fingerprint density at radius 3 is 2.40 bits per heavy atom. The van der Waals surface area contributed by atoms with E-state index in [1.165, 1.54) is 18.2 Å². The molecule has 3 N–H and O–H groups in total. The van der Waals surface area contributed by atoms with E-state index >= 15 is 0 Å². The fraction of sp³-hybridized carbons (Fsp3) is 0.0714. The number of anilines is 1. The number of carbonyl (C=O) groups is 1. The summed E-state index contributed by atoms with van der Waals surface area (Å²) in [7, 11) is 0. The molecule has 0 aliphatic heterocycles. The Morgan fingerprint density at radius 1 is 1.05 bits per heavy atom. The fourth-order valence-corrected chi connectivity index (χ4v) is 1.67. The highest BCUT2D eigenvalue weighted by molar-refractivity contribution is 5.92. The lowest BCUT2D eigenvalue weighted by Gasteiger charge is -2.09. The fourth-order valence-electron chi connectivity index (χ4n) is 1.67. The molecule has 0 aromatic heterocycles. The van der Waals surface area contributed by atoms with Crippen molar-refractivity contribution in [2.24, 2.45) is 5.73 Å². The van der Waals surface area contributed by atoms with E-state index in [-0.39, 0.29) is 23.4 Å². The second-order valence-corrected chi connectivity index (χ2v) is 4.15. The highest BCUT2D eigenvalue weighted by Crippen LogP contribution is 2.17. The molecule has 6 heteroatoms. The van der Waals surface area contributed by atoms with Gasteiger partial charge in [-0.2, -0.15) is 0 Å². The summed E-state index contributed by atoms with van der Waals surface area (Å²) in [6, 6.07) is 6.82. The maximum Gasteiger partial charge on any atom is 0.248 e. The first kappa shape index (κ1) is 13.9. The van der Waals surface area contributed by atoms with E-state index in [0.717, 1.165) is 18.2 Å². The molecule has 0 atom stereocenters. The van der Waals surface area contributed by atoms with Crippen LogP contribution in [0.2, 0.25) is 0 Å². The summed E-state index contributed by atoms with van der Waals surface area (Å²) < 4.78 is 39.8. The molecule has 104 valence electrons. The number of hydrogen-bond donors (Lipinski definition) is 2. The van der Waals surface area contributed by atoms with Gasteiger partial charge in [-0.25, -0.2) is 13.2 Å². The molecule has 0 saturated heterocycles. The maximum absolute atomic E-state index is 13.7. The Kier molecular flexibility index (Phi) is 3.93. The first-order chi connectivity index (χ1) is 9.47. The third-order valence-electron chi connectivity index (χ3n) is 2.74. The Morgan fingerprint density at radius 2 is 1.80 bits per heavy atom. The van der Waals surface area contributed by atoms with Crippen LogP contribution in [0.4, 0.5) is 18.9 Å². The van der Waals surface area contributed by atoms with E-state index in [4.69, 9.17) is 5.73 Å². The number of rotatable bonds is 4. The zero-order valence-corrected chi connectivity index (χ0v) is 10.3. The van der Waals surface area contributed by atoms with Gasteiger partial charge in [-0.1, -0.05) is 6.07 Å². The first-order valence-electron chi connectivity index (χ1n) is 5.74. The summed E-state index contributed by atoms with van der Waals surface area (Å²) in [6.07, 6.45) is 0. The minimum absolute atomic E-state index is 0.00652. The number of nitrogens with one attached hydrogen (secondary N) is 1. The third kappa shape index (κ3) is 3.09. The lowest BCUT2D eigenvalue weighted by Crippen LogP contribution is -2.12. The normalized spacial score (nSPS) is 10.3. The monoisotopic (exact) mass is 280 g/mol. The number of primary amides is 1. The van der Waals surface area contributed by atoms with E-state index in [0.29, 0.717) is 0 Å². The van der Waals surface area contributed by atoms with Crippen LogP contribution in [0, 0.1) is 17.5 Å². The molecule has 2 rings (SSSR count). The first-order valence-corrected chi connectivity index (χ1v) is 5.74. The van der Waals surface area contributed by atoms with Crippen molar-refractivity contribution in [1.29, 1.82) is 0 Å². The van der Waals surface area contributed by atoms with E-state index in [2.05, 4.69) is 5.32 Å². The molecule has 0 unspecified atom stereocenters. The number of benzene rings is 2. The van der Waals surface area contributed by atoms with Crippen LogP contribution in [0.5, 0.6) is 0 Å². The summed E-state index contributed by atoms with van der Waals surface area (Å²) in [5.74, 6) is -2.81. The van der Waals surface area contributed by atoms with Crippen molar-refractivity contribution in [1.82, 2.24) is 0 Å². The highest BCUT2D eigenvalue weighted by atomic mass is 19.1. The smallest absolute Gasteiger partial charge is 0.248 e. The average molecular weight is 280 g/mol. The molecule has 0 radical (unpaired) electrons. The van der Waals surface area contributed by atoms with Crippen molar-refractivity contribution in [2.45, 2.75) is 6.54 Å². The highest BCUT2D eigenvalue weighted by Gasteiger charge is 2.08. The molecular weight excluding hydrogens is 269 g/mol. The second-order valence-electron chi connectivity index (χ2n) is 4.15. The van der Waals surface area contributed by atoms with Gasteiger partial charge in [0, 0.05) is 23.7 Å². The van der Waals surface area contributed by atoms with E-state index in [1.807, 2.05) is 0 Å². The number of nitrogens with two attached hydrogens (primary N) is 1. The summed E-state index contributed by atoms with van der Waals surface area (Å²) in [5, 5.41) is 2.65. The molecule has 3 nitrogen and oxygen atoms in total. The second kappa shape index (κ2) is 5.64. The molecule has 2 aromatic carbocycles. The van der Waals surface area contributed by atoms with Crippen molar-refractivity contribution in [3.05, 3.63) is 65.0 Å². The predicted molar refractivity (Wildman–Crippen MR) is 68.6 cm³/mol. The molecule has 0 fully saturated rings. The molecule has 2 aromatic rings. The number of carbonyl (C=O) groups excluding carboxylic acids is 1. The topological polar surface area (TPSA) is 55.1 Å². The molecule has 0 aliphatic rings. The molecule has 0 spiro atoms. The van der Waals surface area contributed by atoms with Gasteiger partial charge in [0.1, 0.15) is 17.5 Å². The summed E-state index contributed by atoms with van der Waals surface area (Å²) in [4.78, 5) is 10.9. The summed E-state index contributed by atoms with van der Waals surface area (Å²) in [5.41, 5.74) is 5.38. The molecule has 0 heterocycles. The van der Waals surface area contributed by atoms with Gasteiger partial charge in [-0.05, 0) is 24.3 Å². The summed E-state index contributed by atoms with van der Waals surface area (Å²) in [6.45, 7) is -0.00652. The quantitative estimate of drug-likeness (QED) is 0.904. The van der Waals surface area contributed by atoms with E-state index in [9.17, 15) is 18.0 Å². The van der Waals surface area contributed by atoms with Crippen LogP contribution in [0.25, 0.3) is 0 Å². The maximum atomic E-state index is 13.7. The van der Waals surface area contributed by atoms with Crippen LogP contribution in [0.15, 0.2) is 36.4 Å². The number of hydrogen-bond acceptors (Lipinski definition) is 2. The van der Waals surface area contributed by atoms with Crippen molar-refractivity contribution in [2.75, 3.05) is 5.32 Å². The zero-order chi connectivity index (χ0) is 14.7. The number of amides is 1. The van der Waals surface area contributed by atoms with Crippen molar-refractivity contribution in [3.63, 3.8) is 0 Å². The predicted octanol–water partition coefficient (Wildman–Crippen LogP) is 2.81. The zero-order valence-electron chi connectivity index (χ0n) is 10.3. The van der Waals surface area contributed by atoms with Gasteiger partial charge in [0.15, 0.2) is 0 Å². The molecule has 0 bridgehead atoms. The van der Waals surface area contributed by atoms with E-state index < -0.39 is 23.4 Å². The molecular formula is C14H11F3N2O. The Bertz CT molecular complexity index is 659. The molecule has 20 heavy (non-hydrogen) atoms. The Balaban J connectivity index is 2.13. The minimum Gasteiger partial charge on any atom is -0.378 e. The Labute approximate surface area is 113 Å². The van der Waals surface area contributed by atoms with Gasteiger partial charge < -0.3 is 11.1 Å². The minimum atomic E-state index is -0.765. The number of halogens is 3. The van der Waals surface area contributed by atoms with Gasteiger partial charge in [0.25, 0.3) is 0 Å². The van der Waals surface area contributed by atoms with Crippen molar-refractivity contribution in [3.8, 4) is 0 Å². The van der Waals surface area contributed by atoms with Crippen molar-refractivity contribution < 1.29 is 18.0 Å². The van der Waals surface area contributed by atoms with Crippen LogP contribution in [0.1, 0.15) is 15.9 Å². The molecule has 0 aliphatic carbocycles. The van der Waals surface area contributed by atoms with Gasteiger partial charge in [-0.15, -0.1) is 0 Å². The molecule has 0 saturated carbocycles. The standard InChI is InChI=1S/C14H11F3N2O/c15-10-3-4-13(12(17)6-10)19-7-9-2-1-8(14(18)20)5-11(9)16/h1-6,19H,7H2,(H2,18,20). The lowest BCUT2D eigenvalue weighted by atomic mass is 10.1. The van der Waals surface area contributed by atoms with Crippen LogP contribution in [-0.4, -0.2) is 5.91 Å². The third-order valence-corrected chi connectivity index (χ3v) is 2.74. The van der Waals surface area contributed by atoms with Gasteiger partial charge in [0.05, 0.1) is 5.69 Å². The van der Waals surface area contributed by atoms with Crippen LogP contribution >= 0.6 is 0 Å². The van der Waals surface area contributed by atoms with Crippen LogP contribution < -0.4 is 11.1 Å². The largest absolute Gasteiger partial charge is 0.378 e. The van der Waals surface area contributed by atoms with Gasteiger partial charge in [0.2, 0.25) is 5.91 Å². The van der Waals surface area contributed by atoms with Crippen LogP contribution in [0.3, 0.4) is 0 Å². The lowest BCUT2D eigenvalue weighted by molar-refractivity contribution is 0.1000. The Hall–Kier alpha value is -2.50.